The third-order valence-corrected chi connectivity index (χ3v) is 3.52. The number of carbonyl (C=O) groups excluding carboxylic acids is 2. The molecule has 0 atom stereocenters. The highest BCUT2D eigenvalue weighted by Crippen LogP contribution is 2.20. The van der Waals surface area contributed by atoms with Gasteiger partial charge in [-0.1, -0.05) is 18.2 Å². The second-order valence-electron chi connectivity index (χ2n) is 4.74. The number of aromatic amines is 1. The fourth-order valence-corrected chi connectivity index (χ4v) is 2.57. The highest BCUT2D eigenvalue weighted by atomic mass is 32.1. The number of fused-ring (bicyclic) bond motifs is 1. The fraction of sp³-hybridized carbons (Fsp3) is 0.0667. The van der Waals surface area contributed by atoms with Crippen molar-refractivity contribution < 1.29 is 14.7 Å². The molecular formula is C15H11N3O3S. The minimum absolute atomic E-state index is 0.0671. The number of para-hydroxylation sites is 1. The Morgan fingerprint density at radius 1 is 1.41 bits per heavy atom. The van der Waals surface area contributed by atoms with Crippen LogP contribution in [0.4, 0.5) is 0 Å². The van der Waals surface area contributed by atoms with Gasteiger partial charge in [0.15, 0.2) is 4.77 Å². The molecule has 22 heavy (non-hydrogen) atoms. The van der Waals surface area contributed by atoms with E-state index in [0.29, 0.717) is 5.36 Å². The molecule has 2 N–H and O–H groups in total. The largest absolute Gasteiger partial charge is 0.493 e. The van der Waals surface area contributed by atoms with E-state index in [9.17, 15) is 14.7 Å². The van der Waals surface area contributed by atoms with Gasteiger partial charge in [-0.3, -0.25) is 14.2 Å². The number of nitrogens with one attached hydrogen (secondary N) is 1. The predicted molar refractivity (Wildman–Crippen MR) is 82.3 cm³/mol. The van der Waals surface area contributed by atoms with Crippen LogP contribution in [0, 0.1) is 4.77 Å². The van der Waals surface area contributed by atoms with Crippen molar-refractivity contribution in [2.24, 2.45) is 4.99 Å². The Bertz CT molecular complexity index is 1010. The first-order chi connectivity index (χ1) is 10.5. The van der Waals surface area contributed by atoms with Crippen molar-refractivity contribution in [2.75, 3.05) is 0 Å². The molecule has 0 fully saturated rings. The number of amides is 1. The van der Waals surface area contributed by atoms with Crippen LogP contribution >= 0.6 is 12.2 Å². The van der Waals surface area contributed by atoms with Gasteiger partial charge in [-0.25, -0.2) is 4.99 Å². The van der Waals surface area contributed by atoms with Gasteiger partial charge in [0.05, 0.1) is 5.36 Å². The van der Waals surface area contributed by atoms with Crippen LogP contribution in [-0.2, 0) is 4.79 Å². The van der Waals surface area contributed by atoms with Crippen molar-refractivity contribution in [2.45, 2.75) is 6.92 Å². The summed E-state index contributed by atoms with van der Waals surface area (Å²) in [6.07, 6.45) is 3.05. The summed E-state index contributed by atoms with van der Waals surface area (Å²) in [5, 5.41) is 11.3. The van der Waals surface area contributed by atoms with Gasteiger partial charge in [-0.2, -0.15) is 0 Å². The van der Waals surface area contributed by atoms with E-state index in [1.807, 2.05) is 12.1 Å². The first-order valence-corrected chi connectivity index (χ1v) is 6.84. The zero-order valence-electron chi connectivity index (χ0n) is 11.5. The van der Waals surface area contributed by atoms with Crippen molar-refractivity contribution in [3.05, 3.63) is 50.9 Å². The van der Waals surface area contributed by atoms with Gasteiger partial charge >= 0.3 is 0 Å². The molecule has 7 heteroatoms. The van der Waals surface area contributed by atoms with Crippen LogP contribution in [-0.4, -0.2) is 26.5 Å². The Morgan fingerprint density at radius 3 is 2.86 bits per heavy atom. The Morgan fingerprint density at radius 2 is 2.14 bits per heavy atom. The molecule has 0 radical (unpaired) electrons. The topological polar surface area (TPSA) is 87.4 Å². The molecule has 110 valence electrons. The molecule has 0 saturated heterocycles. The maximum atomic E-state index is 12.1. The van der Waals surface area contributed by atoms with E-state index in [4.69, 9.17) is 12.2 Å². The maximum Gasteiger partial charge on any atom is 0.277 e. The van der Waals surface area contributed by atoms with E-state index in [0.717, 1.165) is 9.79 Å². The lowest BCUT2D eigenvalue weighted by molar-refractivity contribution is -0.114. The lowest BCUT2D eigenvalue weighted by atomic mass is 10.1. The minimum atomic E-state index is -0.444. The van der Waals surface area contributed by atoms with Crippen molar-refractivity contribution in [3.63, 3.8) is 0 Å². The second-order valence-corrected chi connectivity index (χ2v) is 5.12. The van der Waals surface area contributed by atoms with E-state index in [1.165, 1.54) is 13.0 Å². The Hall–Kier alpha value is -2.80. The molecule has 1 aromatic carbocycles. The number of imidazole rings is 1. The van der Waals surface area contributed by atoms with Crippen LogP contribution in [0.25, 0.3) is 12.2 Å². The van der Waals surface area contributed by atoms with Gasteiger partial charge in [0.2, 0.25) is 11.8 Å². The molecule has 3 rings (SSSR count). The van der Waals surface area contributed by atoms with Gasteiger partial charge in [-0.15, -0.1) is 0 Å². The van der Waals surface area contributed by atoms with Crippen LogP contribution in [0.1, 0.15) is 17.4 Å². The molecule has 2 aromatic rings. The van der Waals surface area contributed by atoms with Gasteiger partial charge < -0.3 is 10.1 Å². The van der Waals surface area contributed by atoms with Gasteiger partial charge in [0, 0.05) is 17.7 Å². The van der Waals surface area contributed by atoms with Gasteiger partial charge in [0.1, 0.15) is 5.69 Å². The number of H-pyrrole nitrogens is 1. The maximum absolute atomic E-state index is 12.1. The molecule has 0 unspecified atom stereocenters. The summed E-state index contributed by atoms with van der Waals surface area (Å²) in [6.45, 7) is 1.32. The summed E-state index contributed by atoms with van der Waals surface area (Å²) in [4.78, 5) is 30.2. The van der Waals surface area contributed by atoms with Gasteiger partial charge in [-0.05, 0) is 30.4 Å². The zero-order chi connectivity index (χ0) is 15.9. The number of hydrogen-bond donors (Lipinski definition) is 2. The van der Waals surface area contributed by atoms with Crippen molar-refractivity contribution in [1.29, 1.82) is 0 Å². The first kappa shape index (κ1) is 14.2. The minimum Gasteiger partial charge on any atom is -0.493 e. The normalized spacial score (nSPS) is 15.1. The average Bonchev–Trinajstić information content (AvgIpc) is 2.74. The number of nitrogens with zero attached hydrogens (tertiary/aromatic N) is 2. The van der Waals surface area contributed by atoms with E-state index < -0.39 is 5.91 Å². The third-order valence-electron chi connectivity index (χ3n) is 3.24. The van der Waals surface area contributed by atoms with E-state index in [2.05, 4.69) is 9.98 Å². The van der Waals surface area contributed by atoms with Crippen molar-refractivity contribution in [3.8, 4) is 5.88 Å². The Labute approximate surface area is 129 Å². The molecule has 1 aliphatic rings. The highest BCUT2D eigenvalue weighted by molar-refractivity contribution is 7.71. The molecule has 2 heterocycles. The van der Waals surface area contributed by atoms with Gasteiger partial charge in [0.25, 0.3) is 5.91 Å². The molecular weight excluding hydrogens is 302 g/mol. The third kappa shape index (κ3) is 2.31. The Kier molecular flexibility index (Phi) is 3.34. The highest BCUT2D eigenvalue weighted by Gasteiger charge is 2.16. The second kappa shape index (κ2) is 5.19. The molecule has 6 nitrogen and oxygen atoms in total. The number of carbonyl (C=O) groups is 2. The Balaban J connectivity index is 2.23. The first-order valence-electron chi connectivity index (χ1n) is 6.44. The van der Waals surface area contributed by atoms with Crippen molar-refractivity contribution >= 4 is 36.2 Å². The fourth-order valence-electron chi connectivity index (χ4n) is 2.25. The zero-order valence-corrected chi connectivity index (χ0v) is 12.3. The predicted octanol–water partition coefficient (Wildman–Crippen LogP) is 0.935. The summed E-state index contributed by atoms with van der Waals surface area (Å²) in [6, 6.07) is 7.20. The number of rotatable bonds is 1. The summed E-state index contributed by atoms with van der Waals surface area (Å²) in [7, 11) is 0. The molecule has 0 aliphatic carbocycles. The van der Waals surface area contributed by atoms with E-state index in [1.54, 1.807) is 18.2 Å². The summed E-state index contributed by atoms with van der Waals surface area (Å²) in [5.41, 5.74) is 0.393. The molecule has 0 spiro atoms. The molecule has 1 aromatic heterocycles. The number of benzene rings is 1. The monoisotopic (exact) mass is 313 g/mol. The van der Waals surface area contributed by atoms with E-state index in [-0.39, 0.29) is 27.8 Å². The van der Waals surface area contributed by atoms with Crippen LogP contribution in [0.15, 0.2) is 34.8 Å². The molecule has 1 aliphatic heterocycles. The lowest BCUT2D eigenvalue weighted by Gasteiger charge is -2.04. The SMILES string of the molecule is CC(=O)n1c(/C=C2/C=c3ccccc3=NC2=O)c(O)[nH]c1=S. The van der Waals surface area contributed by atoms with E-state index >= 15 is 0 Å². The molecule has 0 bridgehead atoms. The summed E-state index contributed by atoms with van der Waals surface area (Å²) >= 11 is 4.98. The number of hydrogen-bond acceptors (Lipinski definition) is 4. The van der Waals surface area contributed by atoms with Crippen LogP contribution in [0.5, 0.6) is 5.88 Å². The van der Waals surface area contributed by atoms with Crippen LogP contribution in [0.2, 0.25) is 0 Å². The smallest absolute Gasteiger partial charge is 0.277 e. The molecule has 1 amide bonds. The summed E-state index contributed by atoms with van der Waals surface area (Å²) in [5.74, 6) is -1.08. The lowest BCUT2D eigenvalue weighted by Crippen LogP contribution is -2.30. The quantitative estimate of drug-likeness (QED) is 0.606. The number of aromatic hydroxyl groups is 1. The average molecular weight is 313 g/mol. The van der Waals surface area contributed by atoms with Crippen LogP contribution < -0.4 is 10.6 Å². The molecule has 0 saturated carbocycles. The standard InChI is InChI=1S/C15H11N3O3S/c1-8(19)18-12(14(21)17-15(18)22)7-10-6-9-4-2-3-5-11(9)16-13(10)20/h2-7,21H,1H3,(H,17,22)/b10-7-. The van der Waals surface area contributed by atoms with Crippen LogP contribution in [0.3, 0.4) is 0 Å². The number of aromatic nitrogens is 2. The van der Waals surface area contributed by atoms with Crippen molar-refractivity contribution in [1.82, 2.24) is 9.55 Å². The summed E-state index contributed by atoms with van der Waals surface area (Å²) < 4.78 is 1.19.